The summed E-state index contributed by atoms with van der Waals surface area (Å²) in [5.74, 6) is 0.722. The van der Waals surface area contributed by atoms with Crippen molar-refractivity contribution in [1.29, 1.82) is 0 Å². The molecule has 0 aliphatic heterocycles. The molecule has 0 fully saturated rings. The topological polar surface area (TPSA) is 42.0 Å². The highest BCUT2D eigenvalue weighted by molar-refractivity contribution is 9.10. The van der Waals surface area contributed by atoms with Crippen molar-refractivity contribution in [3.8, 4) is 0 Å². The number of carbonyl (C=O) groups is 1. The van der Waals surface area contributed by atoms with Crippen LogP contribution < -0.4 is 5.32 Å². The maximum Gasteiger partial charge on any atom is 0.256 e. The SMILES string of the molecule is Cc1cc(NC(=O)c2cccc(CCl)c2)ncc1Br. The lowest BCUT2D eigenvalue weighted by Gasteiger charge is -2.07. The molecule has 0 unspecified atom stereocenters. The number of aromatic nitrogens is 1. The molecule has 0 bridgehead atoms. The third kappa shape index (κ3) is 3.55. The second kappa shape index (κ2) is 6.17. The minimum Gasteiger partial charge on any atom is -0.307 e. The van der Waals surface area contributed by atoms with Crippen LogP contribution in [-0.2, 0) is 5.88 Å². The minimum atomic E-state index is -0.193. The molecule has 1 N–H and O–H groups in total. The smallest absolute Gasteiger partial charge is 0.256 e. The van der Waals surface area contributed by atoms with Crippen LogP contribution in [0.25, 0.3) is 0 Å². The van der Waals surface area contributed by atoms with E-state index in [2.05, 4.69) is 26.2 Å². The van der Waals surface area contributed by atoms with Gasteiger partial charge >= 0.3 is 0 Å². The number of nitrogens with one attached hydrogen (secondary N) is 1. The van der Waals surface area contributed by atoms with E-state index >= 15 is 0 Å². The molecule has 1 aromatic carbocycles. The molecule has 2 rings (SSSR count). The van der Waals surface area contributed by atoms with E-state index in [1.165, 1.54) is 0 Å². The van der Waals surface area contributed by atoms with Crippen LogP contribution in [-0.4, -0.2) is 10.9 Å². The summed E-state index contributed by atoms with van der Waals surface area (Å²) in [7, 11) is 0. The van der Waals surface area contributed by atoms with E-state index in [-0.39, 0.29) is 5.91 Å². The van der Waals surface area contributed by atoms with Gasteiger partial charge in [-0.1, -0.05) is 12.1 Å². The lowest BCUT2D eigenvalue weighted by atomic mass is 10.1. The molecule has 0 saturated heterocycles. The molecule has 2 aromatic rings. The lowest BCUT2D eigenvalue weighted by molar-refractivity contribution is 0.102. The second-order valence-corrected chi connectivity index (χ2v) is 5.23. The maximum atomic E-state index is 12.1. The molecule has 0 saturated carbocycles. The van der Waals surface area contributed by atoms with Gasteiger partial charge in [-0.15, -0.1) is 11.6 Å². The minimum absolute atomic E-state index is 0.193. The predicted molar refractivity (Wildman–Crippen MR) is 80.6 cm³/mol. The standard InChI is InChI=1S/C14H12BrClN2O/c1-9-5-13(17-8-12(9)15)18-14(19)11-4-2-3-10(6-11)7-16/h2-6,8H,7H2,1H3,(H,17,18,19). The first kappa shape index (κ1) is 14.0. The number of anilines is 1. The van der Waals surface area contributed by atoms with Gasteiger partial charge in [0.05, 0.1) is 0 Å². The molecule has 1 amide bonds. The van der Waals surface area contributed by atoms with Gasteiger partial charge < -0.3 is 5.32 Å². The van der Waals surface area contributed by atoms with Gasteiger partial charge in [-0.25, -0.2) is 4.98 Å². The zero-order valence-corrected chi connectivity index (χ0v) is 12.6. The molecular formula is C14H12BrClN2O. The predicted octanol–water partition coefficient (Wildman–Crippen LogP) is 4.14. The van der Waals surface area contributed by atoms with E-state index in [4.69, 9.17) is 11.6 Å². The number of halogens is 2. The number of benzene rings is 1. The van der Waals surface area contributed by atoms with Crippen molar-refractivity contribution in [2.75, 3.05) is 5.32 Å². The van der Waals surface area contributed by atoms with Crippen LogP contribution in [0.3, 0.4) is 0 Å². The van der Waals surface area contributed by atoms with Crippen molar-refractivity contribution < 1.29 is 4.79 Å². The third-order valence-corrected chi connectivity index (χ3v) is 3.77. The summed E-state index contributed by atoms with van der Waals surface area (Å²) in [5, 5.41) is 2.76. The zero-order chi connectivity index (χ0) is 13.8. The third-order valence-electron chi connectivity index (χ3n) is 2.63. The Morgan fingerprint density at radius 3 is 2.89 bits per heavy atom. The number of alkyl halides is 1. The first-order chi connectivity index (χ1) is 9.10. The molecule has 5 heteroatoms. The molecule has 0 spiro atoms. The maximum absolute atomic E-state index is 12.1. The average molecular weight is 340 g/mol. The van der Waals surface area contributed by atoms with Crippen molar-refractivity contribution in [2.24, 2.45) is 0 Å². The molecule has 1 heterocycles. The van der Waals surface area contributed by atoms with E-state index in [0.717, 1.165) is 15.6 Å². The van der Waals surface area contributed by atoms with Crippen molar-refractivity contribution in [1.82, 2.24) is 4.98 Å². The molecule has 3 nitrogen and oxygen atoms in total. The summed E-state index contributed by atoms with van der Waals surface area (Å²) in [6, 6.07) is 9.03. The Morgan fingerprint density at radius 2 is 2.21 bits per heavy atom. The monoisotopic (exact) mass is 338 g/mol. The van der Waals surface area contributed by atoms with Crippen LogP contribution in [0.5, 0.6) is 0 Å². The number of carbonyl (C=O) groups excluding carboxylic acids is 1. The van der Waals surface area contributed by atoms with E-state index in [0.29, 0.717) is 17.3 Å². The summed E-state index contributed by atoms with van der Waals surface area (Å²) in [4.78, 5) is 16.2. The Hall–Kier alpha value is -1.39. The molecular weight excluding hydrogens is 328 g/mol. The van der Waals surface area contributed by atoms with Gasteiger partial charge in [0.2, 0.25) is 0 Å². The number of nitrogens with zero attached hydrogens (tertiary/aromatic N) is 1. The Morgan fingerprint density at radius 1 is 1.42 bits per heavy atom. The van der Waals surface area contributed by atoms with Crippen molar-refractivity contribution in [3.63, 3.8) is 0 Å². The molecule has 98 valence electrons. The number of rotatable bonds is 3. The largest absolute Gasteiger partial charge is 0.307 e. The number of amides is 1. The molecule has 0 radical (unpaired) electrons. The van der Waals surface area contributed by atoms with Crippen molar-refractivity contribution in [3.05, 3.63) is 57.7 Å². The quantitative estimate of drug-likeness (QED) is 0.854. The summed E-state index contributed by atoms with van der Waals surface area (Å²) in [6.45, 7) is 1.94. The first-order valence-corrected chi connectivity index (χ1v) is 7.01. The zero-order valence-electron chi connectivity index (χ0n) is 10.3. The van der Waals surface area contributed by atoms with Gasteiger partial charge in [-0.05, 0) is 52.2 Å². The second-order valence-electron chi connectivity index (χ2n) is 4.11. The molecule has 0 aliphatic carbocycles. The highest BCUT2D eigenvalue weighted by atomic mass is 79.9. The fourth-order valence-electron chi connectivity index (χ4n) is 1.59. The number of hydrogen-bond acceptors (Lipinski definition) is 2. The summed E-state index contributed by atoms with van der Waals surface area (Å²) >= 11 is 9.12. The fraction of sp³-hybridized carbons (Fsp3) is 0.143. The number of pyridine rings is 1. The van der Waals surface area contributed by atoms with E-state index in [9.17, 15) is 4.79 Å². The normalized spacial score (nSPS) is 10.3. The van der Waals surface area contributed by atoms with Crippen LogP contribution in [0, 0.1) is 6.92 Å². The van der Waals surface area contributed by atoms with Crippen LogP contribution in [0.4, 0.5) is 5.82 Å². The summed E-state index contributed by atoms with van der Waals surface area (Å²) in [5.41, 5.74) is 2.49. The van der Waals surface area contributed by atoms with Gasteiger partial charge in [0.15, 0.2) is 0 Å². The van der Waals surface area contributed by atoms with E-state index in [1.54, 1.807) is 18.3 Å². The number of aryl methyl sites for hydroxylation is 1. The molecule has 0 atom stereocenters. The summed E-state index contributed by atoms with van der Waals surface area (Å²) in [6.07, 6.45) is 1.67. The summed E-state index contributed by atoms with van der Waals surface area (Å²) < 4.78 is 0.912. The van der Waals surface area contributed by atoms with E-state index < -0.39 is 0 Å². The average Bonchev–Trinajstić information content (AvgIpc) is 2.43. The van der Waals surface area contributed by atoms with Crippen molar-refractivity contribution in [2.45, 2.75) is 12.8 Å². The fourth-order valence-corrected chi connectivity index (χ4v) is 1.97. The van der Waals surface area contributed by atoms with Gasteiger partial charge in [0.1, 0.15) is 5.82 Å². The Kier molecular flexibility index (Phi) is 4.56. The van der Waals surface area contributed by atoms with Crippen LogP contribution >= 0.6 is 27.5 Å². The molecule has 1 aromatic heterocycles. The highest BCUT2D eigenvalue weighted by Gasteiger charge is 2.08. The number of hydrogen-bond donors (Lipinski definition) is 1. The highest BCUT2D eigenvalue weighted by Crippen LogP contribution is 2.18. The van der Waals surface area contributed by atoms with Gasteiger partial charge in [0.25, 0.3) is 5.91 Å². The van der Waals surface area contributed by atoms with Crippen LogP contribution in [0.1, 0.15) is 21.5 Å². The van der Waals surface area contributed by atoms with Gasteiger partial charge in [-0.3, -0.25) is 4.79 Å². The van der Waals surface area contributed by atoms with E-state index in [1.807, 2.05) is 25.1 Å². The van der Waals surface area contributed by atoms with Crippen LogP contribution in [0.2, 0.25) is 0 Å². The Balaban J connectivity index is 2.18. The molecule has 19 heavy (non-hydrogen) atoms. The lowest BCUT2D eigenvalue weighted by Crippen LogP contribution is -2.13. The van der Waals surface area contributed by atoms with Gasteiger partial charge in [-0.2, -0.15) is 0 Å². The Labute approximate surface area is 125 Å². The van der Waals surface area contributed by atoms with Crippen LogP contribution in [0.15, 0.2) is 41.0 Å². The van der Waals surface area contributed by atoms with Crippen molar-refractivity contribution >= 4 is 39.3 Å². The molecule has 0 aliphatic rings. The van der Waals surface area contributed by atoms with Gasteiger partial charge in [0, 0.05) is 22.1 Å². The Bertz CT molecular complexity index is 616. The first-order valence-electron chi connectivity index (χ1n) is 5.68.